The lowest BCUT2D eigenvalue weighted by atomic mass is 10.0. The molecular formula is C34H36Cl2F2N4O7S2. The van der Waals surface area contributed by atoms with E-state index in [4.69, 9.17) is 32.7 Å². The SMILES string of the molecule is CN1CCN(C(=O)c2ccc(S(=O)(=O)N3CCSC3C(=O)O[C@@H](Cc3c(Cl)cncc3Cl)c3ccc(OC(F)F)c(OCC4CC4)c3)cc2)CC1. The monoisotopic (exact) mass is 784 g/mol. The standard InChI is InChI=1S/C34H36Cl2F2N4O7S2/c1-40-10-12-41(13-11-40)31(43)22-4-7-24(8-5-22)51(45,46)42-14-15-50-32(42)33(44)48-29(17-25-26(35)18-39-19-27(25)36)23-6-9-28(49-34(37)38)30(16-23)47-20-21-2-3-21/h4-9,16,18-19,21,29,32,34H,2-3,10-15,17,20H2,1H3/t29-,32?/m0/s1. The highest BCUT2D eigenvalue weighted by atomic mass is 35.5. The predicted molar refractivity (Wildman–Crippen MR) is 188 cm³/mol. The molecule has 11 nitrogen and oxygen atoms in total. The van der Waals surface area contributed by atoms with Gasteiger partial charge >= 0.3 is 12.6 Å². The summed E-state index contributed by atoms with van der Waals surface area (Å²) in [7, 11) is -2.20. The fourth-order valence-electron chi connectivity index (χ4n) is 5.75. The van der Waals surface area contributed by atoms with Gasteiger partial charge in [-0.15, -0.1) is 11.8 Å². The smallest absolute Gasteiger partial charge is 0.387 e. The number of amides is 1. The first-order valence-corrected chi connectivity index (χ1v) is 19.6. The van der Waals surface area contributed by atoms with Crippen LogP contribution in [0.4, 0.5) is 8.78 Å². The lowest BCUT2D eigenvalue weighted by molar-refractivity contribution is -0.150. The summed E-state index contributed by atoms with van der Waals surface area (Å²) in [5, 5.41) is -0.819. The van der Waals surface area contributed by atoms with Gasteiger partial charge in [0.15, 0.2) is 16.9 Å². The van der Waals surface area contributed by atoms with Gasteiger partial charge in [0.05, 0.1) is 21.5 Å². The highest BCUT2D eigenvalue weighted by molar-refractivity contribution is 8.02. The first-order chi connectivity index (χ1) is 24.4. The Morgan fingerprint density at radius 1 is 0.980 bits per heavy atom. The maximum atomic E-state index is 13.9. The molecule has 0 N–H and O–H groups in total. The number of thioether (sulfide) groups is 1. The van der Waals surface area contributed by atoms with Gasteiger partial charge in [0.1, 0.15) is 6.10 Å². The zero-order valence-electron chi connectivity index (χ0n) is 27.6. The maximum Gasteiger partial charge on any atom is 0.387 e. The van der Waals surface area contributed by atoms with Crippen LogP contribution in [0, 0.1) is 5.92 Å². The van der Waals surface area contributed by atoms with E-state index in [1.54, 1.807) is 4.90 Å². The molecule has 2 aromatic carbocycles. The number of carbonyl (C=O) groups is 2. The maximum absolute atomic E-state index is 13.9. The molecule has 3 aromatic rings. The van der Waals surface area contributed by atoms with Crippen molar-refractivity contribution in [1.29, 1.82) is 0 Å². The number of esters is 1. The molecule has 1 amide bonds. The van der Waals surface area contributed by atoms with Gasteiger partial charge in [0, 0.05) is 62.9 Å². The summed E-state index contributed by atoms with van der Waals surface area (Å²) < 4.78 is 71.9. The molecule has 0 radical (unpaired) electrons. The second kappa shape index (κ2) is 16.2. The van der Waals surface area contributed by atoms with Gasteiger partial charge in [-0.05, 0) is 73.3 Å². The summed E-state index contributed by atoms with van der Waals surface area (Å²) in [5.74, 6) is -0.536. The van der Waals surface area contributed by atoms with Crippen molar-refractivity contribution in [2.24, 2.45) is 5.92 Å². The number of aromatic nitrogens is 1. The van der Waals surface area contributed by atoms with Gasteiger partial charge in [-0.25, -0.2) is 13.2 Å². The highest BCUT2D eigenvalue weighted by Gasteiger charge is 2.42. The van der Waals surface area contributed by atoms with E-state index in [2.05, 4.69) is 14.6 Å². The molecule has 51 heavy (non-hydrogen) atoms. The molecule has 1 aromatic heterocycles. The molecule has 6 rings (SSSR count). The Labute approximate surface area is 309 Å². The van der Waals surface area contributed by atoms with Crippen molar-refractivity contribution in [3.8, 4) is 11.5 Å². The Kier molecular flexibility index (Phi) is 11.9. The van der Waals surface area contributed by atoms with Crippen LogP contribution in [0.5, 0.6) is 11.5 Å². The number of alkyl halides is 2. The second-order valence-corrected chi connectivity index (χ2v) is 16.4. The minimum atomic E-state index is -4.19. The molecule has 3 fully saturated rings. The molecule has 1 unspecified atom stereocenters. The number of benzene rings is 2. The van der Waals surface area contributed by atoms with Gasteiger partial charge < -0.3 is 24.0 Å². The van der Waals surface area contributed by atoms with Crippen LogP contribution in [0.1, 0.15) is 40.4 Å². The Morgan fingerprint density at radius 3 is 2.31 bits per heavy atom. The van der Waals surface area contributed by atoms with Gasteiger partial charge in [0.25, 0.3) is 5.91 Å². The molecule has 1 aliphatic carbocycles. The fourth-order valence-corrected chi connectivity index (χ4v) is 9.32. The Bertz CT molecular complexity index is 1830. The van der Waals surface area contributed by atoms with E-state index in [0.717, 1.165) is 42.0 Å². The van der Waals surface area contributed by atoms with Crippen molar-refractivity contribution >= 4 is 56.9 Å². The van der Waals surface area contributed by atoms with Crippen LogP contribution in [0.2, 0.25) is 10.0 Å². The normalized spacial score (nSPS) is 19.3. The first kappa shape index (κ1) is 37.5. The van der Waals surface area contributed by atoms with Gasteiger partial charge in [-0.2, -0.15) is 13.1 Å². The summed E-state index contributed by atoms with van der Waals surface area (Å²) in [4.78, 5) is 34.7. The van der Waals surface area contributed by atoms with E-state index in [0.29, 0.717) is 48.1 Å². The number of carbonyl (C=O) groups excluding carboxylic acids is 2. The molecule has 3 heterocycles. The van der Waals surface area contributed by atoms with Crippen LogP contribution in [-0.2, 0) is 26.0 Å². The van der Waals surface area contributed by atoms with Crippen LogP contribution >= 0.6 is 35.0 Å². The minimum absolute atomic E-state index is 0.0419. The third-order valence-electron chi connectivity index (χ3n) is 8.88. The number of piperazine rings is 1. The molecule has 2 aliphatic heterocycles. The van der Waals surface area contributed by atoms with Gasteiger partial charge in [-0.1, -0.05) is 29.3 Å². The average Bonchev–Trinajstić information content (AvgIpc) is 3.80. The van der Waals surface area contributed by atoms with Crippen LogP contribution in [0.3, 0.4) is 0 Å². The Hall–Kier alpha value is -3.21. The number of nitrogens with zero attached hydrogens (tertiary/aromatic N) is 4. The average molecular weight is 786 g/mol. The summed E-state index contributed by atoms with van der Waals surface area (Å²) in [5.41, 5.74) is 1.14. The van der Waals surface area contributed by atoms with Gasteiger partial charge in [0.2, 0.25) is 10.0 Å². The van der Waals surface area contributed by atoms with E-state index in [-0.39, 0.29) is 45.3 Å². The summed E-state index contributed by atoms with van der Waals surface area (Å²) in [6.45, 7) is -0.102. The molecule has 1 saturated carbocycles. The second-order valence-electron chi connectivity index (χ2n) is 12.5. The lowest BCUT2D eigenvalue weighted by Crippen LogP contribution is -2.47. The van der Waals surface area contributed by atoms with Crippen molar-refractivity contribution in [1.82, 2.24) is 19.1 Å². The van der Waals surface area contributed by atoms with E-state index in [1.165, 1.54) is 54.9 Å². The number of rotatable bonds is 13. The minimum Gasteiger partial charge on any atom is -0.489 e. The number of hydrogen-bond donors (Lipinski definition) is 0. The largest absolute Gasteiger partial charge is 0.489 e. The molecule has 0 bridgehead atoms. The number of ether oxygens (including phenoxy) is 3. The molecule has 3 aliphatic rings. The number of pyridine rings is 1. The van der Waals surface area contributed by atoms with Crippen LogP contribution < -0.4 is 9.47 Å². The topological polar surface area (TPSA) is 119 Å². The first-order valence-electron chi connectivity index (χ1n) is 16.3. The zero-order valence-corrected chi connectivity index (χ0v) is 30.7. The molecule has 2 saturated heterocycles. The fraction of sp³-hybridized carbons (Fsp3) is 0.441. The van der Waals surface area contributed by atoms with Crippen LogP contribution in [0.15, 0.2) is 59.8 Å². The van der Waals surface area contributed by atoms with E-state index < -0.39 is 34.1 Å². The quantitative estimate of drug-likeness (QED) is 0.198. The summed E-state index contributed by atoms with van der Waals surface area (Å²) >= 11 is 14.0. The summed E-state index contributed by atoms with van der Waals surface area (Å²) in [6.07, 6.45) is 3.55. The van der Waals surface area contributed by atoms with E-state index >= 15 is 0 Å². The van der Waals surface area contributed by atoms with Crippen molar-refractivity contribution < 1.29 is 41.0 Å². The highest BCUT2D eigenvalue weighted by Crippen LogP contribution is 2.39. The number of likely N-dealkylation sites (N-methyl/N-ethyl adjacent to an activating group) is 1. The predicted octanol–water partition coefficient (Wildman–Crippen LogP) is 5.76. The molecular weight excluding hydrogens is 749 g/mol. The van der Waals surface area contributed by atoms with Crippen molar-refractivity contribution in [3.63, 3.8) is 0 Å². The summed E-state index contributed by atoms with van der Waals surface area (Å²) in [6, 6.07) is 9.92. The number of hydrogen-bond acceptors (Lipinski definition) is 10. The van der Waals surface area contributed by atoms with Crippen molar-refractivity contribution in [2.75, 3.05) is 52.1 Å². The lowest BCUT2D eigenvalue weighted by Gasteiger charge is -2.32. The molecule has 17 heteroatoms. The zero-order chi connectivity index (χ0) is 36.3. The number of sulfonamides is 1. The number of halogens is 4. The van der Waals surface area contributed by atoms with E-state index in [1.807, 2.05) is 7.05 Å². The molecule has 0 spiro atoms. The van der Waals surface area contributed by atoms with Crippen LogP contribution in [0.25, 0.3) is 0 Å². The third kappa shape index (κ3) is 9.06. The Morgan fingerprint density at radius 2 is 1.67 bits per heavy atom. The van der Waals surface area contributed by atoms with E-state index in [9.17, 15) is 26.8 Å². The van der Waals surface area contributed by atoms with Crippen molar-refractivity contribution in [3.05, 3.63) is 81.6 Å². The van der Waals surface area contributed by atoms with Gasteiger partial charge in [-0.3, -0.25) is 9.78 Å². The Balaban J connectivity index is 1.24. The molecule has 2 atom stereocenters. The van der Waals surface area contributed by atoms with Crippen molar-refractivity contribution in [2.45, 2.75) is 42.2 Å². The third-order valence-corrected chi connectivity index (χ3v) is 12.7. The van der Waals surface area contributed by atoms with Crippen LogP contribution in [-0.4, -0.2) is 103 Å². The molecule has 274 valence electrons.